The van der Waals surface area contributed by atoms with Crippen LogP contribution in [0.1, 0.15) is 23.9 Å². The van der Waals surface area contributed by atoms with Gasteiger partial charge < -0.3 is 9.72 Å². The van der Waals surface area contributed by atoms with Crippen LogP contribution in [0.25, 0.3) is 10.9 Å². The molecule has 0 aliphatic carbocycles. The van der Waals surface area contributed by atoms with Gasteiger partial charge in [-0.1, -0.05) is 24.3 Å². The van der Waals surface area contributed by atoms with Gasteiger partial charge in [-0.2, -0.15) is 0 Å². The minimum Gasteiger partial charge on any atom is -0.380 e. The first kappa shape index (κ1) is 14.4. The van der Waals surface area contributed by atoms with Gasteiger partial charge in [0.25, 0.3) is 0 Å². The van der Waals surface area contributed by atoms with Crippen molar-refractivity contribution in [3.05, 3.63) is 60.3 Å². The second-order valence-corrected chi connectivity index (χ2v) is 6.01. The fourth-order valence-corrected chi connectivity index (χ4v) is 3.47. The van der Waals surface area contributed by atoms with Crippen LogP contribution in [0.15, 0.2) is 48.9 Å². The molecule has 0 spiro atoms. The van der Waals surface area contributed by atoms with Gasteiger partial charge in [-0.25, -0.2) is 4.98 Å². The molecule has 118 valence electrons. The van der Waals surface area contributed by atoms with Crippen molar-refractivity contribution in [3.63, 3.8) is 0 Å². The van der Waals surface area contributed by atoms with Crippen molar-refractivity contribution >= 4 is 10.9 Å². The van der Waals surface area contributed by atoms with E-state index in [0.29, 0.717) is 0 Å². The Hall–Kier alpha value is -2.24. The topological polar surface area (TPSA) is 54.0 Å². The van der Waals surface area contributed by atoms with Crippen LogP contribution < -0.4 is 0 Å². The predicted molar refractivity (Wildman–Crippen MR) is 88.9 cm³/mol. The van der Waals surface area contributed by atoms with Gasteiger partial charge in [0, 0.05) is 44.2 Å². The molecule has 1 aliphatic rings. The number of nitrogens with one attached hydrogen (secondary N) is 1. The first-order valence-electron chi connectivity index (χ1n) is 7.94. The van der Waals surface area contributed by atoms with E-state index in [2.05, 4.69) is 44.1 Å². The van der Waals surface area contributed by atoms with Crippen LogP contribution in [-0.2, 0) is 11.3 Å². The zero-order valence-electron chi connectivity index (χ0n) is 13.1. The summed E-state index contributed by atoms with van der Waals surface area (Å²) in [5.41, 5.74) is 2.32. The maximum absolute atomic E-state index is 5.60. The summed E-state index contributed by atoms with van der Waals surface area (Å²) in [6, 6.07) is 10.7. The summed E-state index contributed by atoms with van der Waals surface area (Å²) >= 11 is 0. The maximum atomic E-state index is 5.60. The summed E-state index contributed by atoms with van der Waals surface area (Å²) < 4.78 is 5.60. The molecule has 3 heterocycles. The summed E-state index contributed by atoms with van der Waals surface area (Å²) in [6.07, 6.45) is 6.76. The van der Waals surface area contributed by atoms with Crippen molar-refractivity contribution in [3.8, 4) is 0 Å². The first-order valence-corrected chi connectivity index (χ1v) is 7.94. The van der Waals surface area contributed by atoms with Crippen LogP contribution in [0.3, 0.4) is 0 Å². The van der Waals surface area contributed by atoms with Crippen molar-refractivity contribution in [2.75, 3.05) is 13.7 Å². The Morgan fingerprint density at radius 2 is 2.13 bits per heavy atom. The lowest BCUT2D eigenvalue weighted by molar-refractivity contribution is 0.107. The molecular formula is C18H20N4O. The van der Waals surface area contributed by atoms with E-state index in [0.717, 1.165) is 30.9 Å². The number of aromatic amines is 1. The second-order valence-electron chi connectivity index (χ2n) is 6.01. The van der Waals surface area contributed by atoms with Gasteiger partial charge in [-0.05, 0) is 18.1 Å². The van der Waals surface area contributed by atoms with Crippen molar-refractivity contribution in [1.82, 2.24) is 19.9 Å². The number of H-pyrrole nitrogens is 1. The predicted octanol–water partition coefficient (Wildman–Crippen LogP) is 2.92. The number of benzene rings is 1. The molecule has 1 fully saturated rings. The average molecular weight is 308 g/mol. The summed E-state index contributed by atoms with van der Waals surface area (Å²) in [5, 5.41) is 1.18. The van der Waals surface area contributed by atoms with Gasteiger partial charge in [0.15, 0.2) is 0 Å². The van der Waals surface area contributed by atoms with Crippen molar-refractivity contribution in [1.29, 1.82) is 0 Å². The quantitative estimate of drug-likeness (QED) is 0.805. The van der Waals surface area contributed by atoms with E-state index in [1.165, 1.54) is 10.9 Å². The summed E-state index contributed by atoms with van der Waals surface area (Å²) in [4.78, 5) is 14.7. The Bertz CT molecular complexity index is 781. The molecule has 1 saturated heterocycles. The smallest absolute Gasteiger partial charge is 0.123 e. The molecule has 1 aliphatic heterocycles. The molecule has 0 saturated carbocycles. The number of methoxy groups -OCH3 is 1. The molecule has 5 heteroatoms. The van der Waals surface area contributed by atoms with Crippen LogP contribution >= 0.6 is 0 Å². The minimum atomic E-state index is 0.244. The Morgan fingerprint density at radius 3 is 2.96 bits per heavy atom. The lowest BCUT2D eigenvalue weighted by Gasteiger charge is -2.23. The maximum Gasteiger partial charge on any atom is 0.123 e. The number of likely N-dealkylation sites (tertiary alicyclic amines) is 1. The lowest BCUT2D eigenvalue weighted by atomic mass is 10.1. The zero-order valence-corrected chi connectivity index (χ0v) is 13.1. The third-order valence-electron chi connectivity index (χ3n) is 4.62. The SMILES string of the molecule is CO[C@@H]1CC(c2ncc[nH]2)N(Cc2cccc3cccnc23)C1. The first-order chi connectivity index (χ1) is 11.3. The van der Waals surface area contributed by atoms with Crippen LogP contribution in [-0.4, -0.2) is 39.6 Å². The standard InChI is InChI=1S/C18H20N4O/c1-23-15-10-16(18-20-8-9-21-18)22(12-15)11-14-5-2-4-13-6-3-7-19-17(13)14/h2-9,15-16H,10-12H2,1H3,(H,20,21)/t15-,16?/m1/s1. The molecule has 23 heavy (non-hydrogen) atoms. The number of aromatic nitrogens is 3. The lowest BCUT2D eigenvalue weighted by Crippen LogP contribution is -2.25. The molecule has 0 radical (unpaired) electrons. The fourth-order valence-electron chi connectivity index (χ4n) is 3.47. The molecule has 1 aromatic carbocycles. The van der Waals surface area contributed by atoms with Crippen LogP contribution in [0.2, 0.25) is 0 Å². The van der Waals surface area contributed by atoms with Gasteiger partial charge in [0.2, 0.25) is 0 Å². The molecule has 5 nitrogen and oxygen atoms in total. The average Bonchev–Trinajstić information content (AvgIpc) is 3.24. The van der Waals surface area contributed by atoms with E-state index in [9.17, 15) is 0 Å². The van der Waals surface area contributed by atoms with Gasteiger partial charge >= 0.3 is 0 Å². The highest BCUT2D eigenvalue weighted by Gasteiger charge is 2.34. The largest absolute Gasteiger partial charge is 0.380 e. The Labute approximate surface area is 135 Å². The molecule has 2 aromatic heterocycles. The highest BCUT2D eigenvalue weighted by molar-refractivity contribution is 5.81. The molecule has 4 rings (SSSR count). The Balaban J connectivity index is 1.65. The number of nitrogens with zero attached hydrogens (tertiary/aromatic N) is 3. The third-order valence-corrected chi connectivity index (χ3v) is 4.62. The molecule has 1 N–H and O–H groups in total. The Morgan fingerprint density at radius 1 is 1.22 bits per heavy atom. The molecule has 0 bridgehead atoms. The number of fused-ring (bicyclic) bond motifs is 1. The van der Waals surface area contributed by atoms with Crippen molar-refractivity contribution in [2.45, 2.75) is 25.1 Å². The van der Waals surface area contributed by atoms with Gasteiger partial charge in [-0.3, -0.25) is 9.88 Å². The number of hydrogen-bond donors (Lipinski definition) is 1. The van der Waals surface area contributed by atoms with E-state index in [-0.39, 0.29) is 12.1 Å². The van der Waals surface area contributed by atoms with E-state index < -0.39 is 0 Å². The highest BCUT2D eigenvalue weighted by atomic mass is 16.5. The summed E-state index contributed by atoms with van der Waals surface area (Å²) in [5.74, 6) is 1.01. The van der Waals surface area contributed by atoms with E-state index in [4.69, 9.17) is 4.74 Å². The molecule has 3 aromatic rings. The number of hydrogen-bond acceptors (Lipinski definition) is 4. The van der Waals surface area contributed by atoms with E-state index >= 15 is 0 Å². The third kappa shape index (κ3) is 2.73. The molecular weight excluding hydrogens is 288 g/mol. The van der Waals surface area contributed by atoms with Crippen molar-refractivity contribution < 1.29 is 4.74 Å². The monoisotopic (exact) mass is 308 g/mol. The summed E-state index contributed by atoms with van der Waals surface area (Å²) in [7, 11) is 1.78. The van der Waals surface area contributed by atoms with Crippen LogP contribution in [0, 0.1) is 0 Å². The van der Waals surface area contributed by atoms with Gasteiger partial charge in [0.05, 0.1) is 17.7 Å². The zero-order chi connectivity index (χ0) is 15.6. The fraction of sp³-hybridized carbons (Fsp3) is 0.333. The van der Waals surface area contributed by atoms with E-state index in [1.807, 2.05) is 24.7 Å². The van der Waals surface area contributed by atoms with Crippen LogP contribution in [0.5, 0.6) is 0 Å². The number of imidazole rings is 1. The second kappa shape index (κ2) is 6.10. The Kier molecular flexibility index (Phi) is 3.81. The minimum absolute atomic E-state index is 0.244. The number of pyridine rings is 1. The van der Waals surface area contributed by atoms with Gasteiger partial charge in [0.1, 0.15) is 5.82 Å². The van der Waals surface area contributed by atoms with Crippen molar-refractivity contribution in [2.24, 2.45) is 0 Å². The molecule has 1 unspecified atom stereocenters. The number of rotatable bonds is 4. The van der Waals surface area contributed by atoms with Crippen LogP contribution in [0.4, 0.5) is 0 Å². The molecule has 0 amide bonds. The number of para-hydroxylation sites is 1. The summed E-state index contributed by atoms with van der Waals surface area (Å²) in [6.45, 7) is 1.75. The van der Waals surface area contributed by atoms with E-state index in [1.54, 1.807) is 7.11 Å². The highest BCUT2D eigenvalue weighted by Crippen LogP contribution is 2.33. The normalized spacial score (nSPS) is 22.0. The molecule has 2 atom stereocenters. The van der Waals surface area contributed by atoms with Gasteiger partial charge in [-0.15, -0.1) is 0 Å². The number of ether oxygens (including phenoxy) is 1.